The number of thioether (sulfide) groups is 1. The van der Waals surface area contributed by atoms with Gasteiger partial charge in [-0.1, -0.05) is 35.9 Å². The average Bonchev–Trinajstić information content (AvgIpc) is 2.33. The second-order valence-corrected chi connectivity index (χ2v) is 5.12. The van der Waals surface area contributed by atoms with Gasteiger partial charge in [0.25, 0.3) is 0 Å². The second kappa shape index (κ2) is 5.55. The zero-order valence-electron chi connectivity index (χ0n) is 9.85. The van der Waals surface area contributed by atoms with Crippen LogP contribution in [-0.4, -0.2) is 12.0 Å². The summed E-state index contributed by atoms with van der Waals surface area (Å²) in [6.07, 6.45) is 1.09. The van der Waals surface area contributed by atoms with Gasteiger partial charge in [-0.3, -0.25) is 0 Å². The van der Waals surface area contributed by atoms with E-state index in [0.717, 1.165) is 13.0 Å². The summed E-state index contributed by atoms with van der Waals surface area (Å²) in [6, 6.07) is 10.7. The molecule has 0 fully saturated rings. The molecule has 0 aliphatic carbocycles. The van der Waals surface area contributed by atoms with Crippen LogP contribution in [0.1, 0.15) is 31.7 Å². The van der Waals surface area contributed by atoms with Crippen molar-refractivity contribution < 1.29 is 4.74 Å². The molecule has 0 amide bonds. The van der Waals surface area contributed by atoms with E-state index in [2.05, 4.69) is 49.6 Å². The maximum Gasteiger partial charge on any atom is 0.108 e. The Balaban J connectivity index is 2.14. The summed E-state index contributed by atoms with van der Waals surface area (Å²) >= 11 is 1.81. The first-order valence-electron chi connectivity index (χ1n) is 5.80. The van der Waals surface area contributed by atoms with Crippen molar-refractivity contribution in [2.24, 2.45) is 0 Å². The number of allylic oxidation sites excluding steroid dienone is 1. The Kier molecular flexibility index (Phi) is 4.08. The fourth-order valence-electron chi connectivity index (χ4n) is 2.08. The minimum atomic E-state index is 0.318. The summed E-state index contributed by atoms with van der Waals surface area (Å²) in [6.45, 7) is 5.07. The molecule has 0 unspecified atom stereocenters. The zero-order chi connectivity index (χ0) is 11.4. The lowest BCUT2D eigenvalue weighted by Gasteiger charge is -2.28. The molecule has 86 valence electrons. The van der Waals surface area contributed by atoms with Gasteiger partial charge in [-0.25, -0.2) is 0 Å². The minimum absolute atomic E-state index is 0.318. The van der Waals surface area contributed by atoms with Crippen LogP contribution >= 0.6 is 11.8 Å². The van der Waals surface area contributed by atoms with Crippen molar-refractivity contribution in [2.45, 2.75) is 31.6 Å². The molecule has 0 spiro atoms. The van der Waals surface area contributed by atoms with Crippen LogP contribution < -0.4 is 0 Å². The molecule has 2 rings (SSSR count). The van der Waals surface area contributed by atoms with Crippen molar-refractivity contribution in [2.75, 3.05) is 6.61 Å². The highest BCUT2D eigenvalue weighted by Crippen LogP contribution is 2.39. The third-order valence-electron chi connectivity index (χ3n) is 2.94. The SMILES string of the molecule is CCO[C@H]1C[C@@H](c2ccccc2)C(C)=CS1. The fourth-order valence-corrected chi connectivity index (χ4v) is 3.13. The van der Waals surface area contributed by atoms with Crippen LogP contribution in [0.2, 0.25) is 0 Å². The van der Waals surface area contributed by atoms with Gasteiger partial charge in [-0.15, -0.1) is 11.8 Å². The average molecular weight is 234 g/mol. The van der Waals surface area contributed by atoms with Gasteiger partial charge in [0.05, 0.1) is 0 Å². The predicted octanol–water partition coefficient (Wildman–Crippen LogP) is 4.17. The monoisotopic (exact) mass is 234 g/mol. The highest BCUT2D eigenvalue weighted by atomic mass is 32.2. The first-order valence-corrected chi connectivity index (χ1v) is 6.74. The summed E-state index contributed by atoms with van der Waals surface area (Å²) in [5.41, 5.74) is 3.17. The number of benzene rings is 1. The number of hydrogen-bond acceptors (Lipinski definition) is 2. The van der Waals surface area contributed by atoms with E-state index >= 15 is 0 Å². The highest BCUT2D eigenvalue weighted by molar-refractivity contribution is 8.02. The van der Waals surface area contributed by atoms with Crippen LogP contribution in [0.25, 0.3) is 0 Å². The molecule has 0 aromatic heterocycles. The van der Waals surface area contributed by atoms with Gasteiger partial charge >= 0.3 is 0 Å². The van der Waals surface area contributed by atoms with E-state index in [4.69, 9.17) is 4.74 Å². The normalized spacial score (nSPS) is 25.2. The predicted molar refractivity (Wildman–Crippen MR) is 70.6 cm³/mol. The zero-order valence-corrected chi connectivity index (χ0v) is 10.7. The van der Waals surface area contributed by atoms with Crippen LogP contribution in [0.15, 0.2) is 41.3 Å². The van der Waals surface area contributed by atoms with E-state index in [9.17, 15) is 0 Å². The van der Waals surface area contributed by atoms with E-state index in [1.807, 2.05) is 11.8 Å². The van der Waals surface area contributed by atoms with E-state index in [-0.39, 0.29) is 0 Å². The minimum Gasteiger partial charge on any atom is -0.368 e. The van der Waals surface area contributed by atoms with Gasteiger partial charge in [-0.05, 0) is 31.2 Å². The summed E-state index contributed by atoms with van der Waals surface area (Å²) < 4.78 is 5.70. The molecule has 0 N–H and O–H groups in total. The summed E-state index contributed by atoms with van der Waals surface area (Å²) in [5.74, 6) is 0.527. The van der Waals surface area contributed by atoms with Gasteiger partial charge in [0.15, 0.2) is 0 Å². The van der Waals surface area contributed by atoms with Crippen LogP contribution in [0.3, 0.4) is 0 Å². The third-order valence-corrected chi connectivity index (χ3v) is 4.08. The van der Waals surface area contributed by atoms with E-state index in [0.29, 0.717) is 11.4 Å². The Labute approximate surface area is 102 Å². The smallest absolute Gasteiger partial charge is 0.108 e. The Hall–Kier alpha value is -0.730. The second-order valence-electron chi connectivity index (χ2n) is 4.08. The standard InChI is InChI=1S/C14H18OS/c1-3-15-14-9-13(11(2)10-16-14)12-7-5-4-6-8-12/h4-8,10,13-14H,3,9H2,1-2H3/t13-,14-/m1/s1. The van der Waals surface area contributed by atoms with Crippen molar-refractivity contribution in [3.05, 3.63) is 46.9 Å². The first kappa shape index (κ1) is 11.7. The van der Waals surface area contributed by atoms with Gasteiger partial charge in [0, 0.05) is 12.5 Å². The Morgan fingerprint density at radius 2 is 2.06 bits per heavy atom. The molecule has 1 aromatic rings. The molecule has 1 heterocycles. The lowest BCUT2D eigenvalue weighted by atomic mass is 9.90. The molecule has 2 heteroatoms. The molecule has 1 nitrogen and oxygen atoms in total. The van der Waals surface area contributed by atoms with Crippen LogP contribution in [0.5, 0.6) is 0 Å². The van der Waals surface area contributed by atoms with Crippen LogP contribution in [0, 0.1) is 0 Å². The van der Waals surface area contributed by atoms with Crippen molar-refractivity contribution >= 4 is 11.8 Å². The maximum atomic E-state index is 5.70. The molecule has 1 aliphatic heterocycles. The molecule has 0 saturated heterocycles. The number of hydrogen-bond donors (Lipinski definition) is 0. The van der Waals surface area contributed by atoms with Crippen molar-refractivity contribution in [1.82, 2.24) is 0 Å². The Morgan fingerprint density at radius 3 is 2.75 bits per heavy atom. The van der Waals surface area contributed by atoms with Gasteiger partial charge in [-0.2, -0.15) is 0 Å². The van der Waals surface area contributed by atoms with Gasteiger partial charge in [0.2, 0.25) is 0 Å². The van der Waals surface area contributed by atoms with Crippen molar-refractivity contribution in [3.8, 4) is 0 Å². The Bertz CT molecular complexity index is 358. The molecule has 1 aliphatic rings. The number of ether oxygens (including phenoxy) is 1. The fraction of sp³-hybridized carbons (Fsp3) is 0.429. The molecule has 16 heavy (non-hydrogen) atoms. The summed E-state index contributed by atoms with van der Waals surface area (Å²) in [5, 5.41) is 2.25. The molecular formula is C14H18OS. The van der Waals surface area contributed by atoms with Crippen molar-refractivity contribution in [1.29, 1.82) is 0 Å². The largest absolute Gasteiger partial charge is 0.368 e. The third kappa shape index (κ3) is 2.69. The molecule has 0 radical (unpaired) electrons. The van der Waals surface area contributed by atoms with Crippen LogP contribution in [0.4, 0.5) is 0 Å². The lowest BCUT2D eigenvalue weighted by molar-refractivity contribution is 0.115. The first-order chi connectivity index (χ1) is 7.81. The molecule has 1 aromatic carbocycles. The van der Waals surface area contributed by atoms with Crippen molar-refractivity contribution in [3.63, 3.8) is 0 Å². The molecule has 0 saturated carbocycles. The Morgan fingerprint density at radius 1 is 1.31 bits per heavy atom. The highest BCUT2D eigenvalue weighted by Gasteiger charge is 2.23. The van der Waals surface area contributed by atoms with E-state index in [1.54, 1.807) is 0 Å². The number of rotatable bonds is 3. The quantitative estimate of drug-likeness (QED) is 0.776. The van der Waals surface area contributed by atoms with E-state index in [1.165, 1.54) is 11.1 Å². The molecule has 2 atom stereocenters. The maximum absolute atomic E-state index is 5.70. The van der Waals surface area contributed by atoms with Gasteiger partial charge in [0.1, 0.15) is 5.44 Å². The summed E-state index contributed by atoms with van der Waals surface area (Å²) in [4.78, 5) is 0. The molecule has 0 bridgehead atoms. The topological polar surface area (TPSA) is 9.23 Å². The van der Waals surface area contributed by atoms with E-state index < -0.39 is 0 Å². The molecular weight excluding hydrogens is 216 g/mol. The summed E-state index contributed by atoms with van der Waals surface area (Å²) in [7, 11) is 0. The van der Waals surface area contributed by atoms with Crippen LogP contribution in [-0.2, 0) is 4.74 Å². The lowest BCUT2D eigenvalue weighted by Crippen LogP contribution is -2.17. The van der Waals surface area contributed by atoms with Gasteiger partial charge < -0.3 is 4.74 Å².